The third kappa shape index (κ3) is 2.81. The van der Waals surface area contributed by atoms with Crippen LogP contribution < -0.4 is 0 Å². The molecule has 0 radical (unpaired) electrons. The highest BCUT2D eigenvalue weighted by Gasteiger charge is 2.49. The molecule has 3 heteroatoms. The first kappa shape index (κ1) is 14.8. The zero-order valence-corrected chi connectivity index (χ0v) is 13.1. The SMILES string of the molecule is Cc1c(Cl)cccc1C(O)C1CC(C)(C)OC1(C)C. The summed E-state index contributed by atoms with van der Waals surface area (Å²) in [6.07, 6.45) is 0.295. The number of rotatable bonds is 2. The maximum atomic E-state index is 10.8. The van der Waals surface area contributed by atoms with Gasteiger partial charge in [-0.2, -0.15) is 0 Å². The molecule has 106 valence electrons. The molecule has 1 heterocycles. The minimum absolute atomic E-state index is 0.0691. The van der Waals surface area contributed by atoms with Gasteiger partial charge < -0.3 is 9.84 Å². The Labute approximate surface area is 120 Å². The van der Waals surface area contributed by atoms with Crippen LogP contribution in [0.15, 0.2) is 18.2 Å². The highest BCUT2D eigenvalue weighted by molar-refractivity contribution is 6.31. The van der Waals surface area contributed by atoms with Crippen molar-refractivity contribution < 1.29 is 9.84 Å². The van der Waals surface area contributed by atoms with E-state index in [2.05, 4.69) is 27.7 Å². The average Bonchev–Trinajstić information content (AvgIpc) is 2.50. The second-order valence-corrected chi connectivity index (χ2v) is 7.08. The van der Waals surface area contributed by atoms with E-state index in [1.807, 2.05) is 25.1 Å². The fourth-order valence-corrected chi connectivity index (χ4v) is 3.44. The Hall–Kier alpha value is -0.570. The van der Waals surface area contributed by atoms with Gasteiger partial charge in [-0.05, 0) is 58.2 Å². The summed E-state index contributed by atoms with van der Waals surface area (Å²) in [6.45, 7) is 10.2. The summed E-state index contributed by atoms with van der Waals surface area (Å²) in [6, 6.07) is 5.70. The molecule has 0 amide bonds. The molecule has 1 saturated heterocycles. The van der Waals surface area contributed by atoms with Crippen molar-refractivity contribution in [1.82, 2.24) is 0 Å². The van der Waals surface area contributed by atoms with Crippen molar-refractivity contribution in [3.8, 4) is 0 Å². The quantitative estimate of drug-likeness (QED) is 0.877. The van der Waals surface area contributed by atoms with Gasteiger partial charge in [-0.3, -0.25) is 0 Å². The number of aliphatic hydroxyl groups excluding tert-OH is 1. The van der Waals surface area contributed by atoms with Gasteiger partial charge >= 0.3 is 0 Å². The van der Waals surface area contributed by atoms with E-state index in [1.54, 1.807) is 0 Å². The molecule has 0 aliphatic carbocycles. The van der Waals surface area contributed by atoms with Crippen LogP contribution in [-0.2, 0) is 4.74 Å². The zero-order valence-electron chi connectivity index (χ0n) is 12.3. The van der Waals surface area contributed by atoms with Crippen molar-refractivity contribution in [3.05, 3.63) is 34.3 Å². The minimum atomic E-state index is -0.546. The number of hydrogen-bond donors (Lipinski definition) is 1. The van der Waals surface area contributed by atoms with Crippen molar-refractivity contribution in [3.63, 3.8) is 0 Å². The molecule has 0 aromatic heterocycles. The van der Waals surface area contributed by atoms with E-state index in [0.29, 0.717) is 5.02 Å². The van der Waals surface area contributed by atoms with Gasteiger partial charge in [0.25, 0.3) is 0 Å². The first-order valence-electron chi connectivity index (χ1n) is 6.77. The summed E-state index contributed by atoms with van der Waals surface area (Å²) < 4.78 is 6.07. The lowest BCUT2D eigenvalue weighted by molar-refractivity contribution is -0.0880. The smallest absolute Gasteiger partial charge is 0.0849 e. The van der Waals surface area contributed by atoms with Gasteiger partial charge in [0.05, 0.1) is 17.3 Å². The number of halogens is 1. The third-order valence-electron chi connectivity index (χ3n) is 4.15. The molecule has 19 heavy (non-hydrogen) atoms. The lowest BCUT2D eigenvalue weighted by Crippen LogP contribution is -2.32. The first-order chi connectivity index (χ1) is 8.64. The molecule has 0 saturated carbocycles. The van der Waals surface area contributed by atoms with E-state index in [1.165, 1.54) is 0 Å². The summed E-state index contributed by atoms with van der Waals surface area (Å²) in [5, 5.41) is 11.5. The van der Waals surface area contributed by atoms with E-state index in [0.717, 1.165) is 17.5 Å². The molecular weight excluding hydrogens is 260 g/mol. The van der Waals surface area contributed by atoms with Gasteiger partial charge in [-0.1, -0.05) is 23.7 Å². The Morgan fingerprint density at radius 3 is 2.47 bits per heavy atom. The fraction of sp³-hybridized carbons (Fsp3) is 0.625. The molecule has 0 spiro atoms. The van der Waals surface area contributed by atoms with Gasteiger partial charge in [0.2, 0.25) is 0 Å². The van der Waals surface area contributed by atoms with Crippen LogP contribution in [0, 0.1) is 12.8 Å². The number of ether oxygens (including phenoxy) is 1. The van der Waals surface area contributed by atoms with Crippen molar-refractivity contribution in [2.45, 2.75) is 58.3 Å². The second-order valence-electron chi connectivity index (χ2n) is 6.67. The predicted octanol–water partition coefficient (Wildman–Crippen LogP) is 4.28. The Balaban J connectivity index is 2.34. The molecule has 1 N–H and O–H groups in total. The van der Waals surface area contributed by atoms with E-state index in [-0.39, 0.29) is 17.1 Å². The lowest BCUT2D eigenvalue weighted by Gasteiger charge is -2.31. The molecular formula is C16H23ClO2. The second kappa shape index (κ2) is 4.76. The first-order valence-corrected chi connectivity index (χ1v) is 7.15. The van der Waals surface area contributed by atoms with Crippen LogP contribution in [0.3, 0.4) is 0 Å². The van der Waals surface area contributed by atoms with Crippen LogP contribution in [0.25, 0.3) is 0 Å². The lowest BCUT2D eigenvalue weighted by atomic mass is 9.79. The minimum Gasteiger partial charge on any atom is -0.388 e. The Kier molecular flexibility index (Phi) is 3.72. The van der Waals surface area contributed by atoms with Gasteiger partial charge in [0, 0.05) is 10.9 Å². The summed E-state index contributed by atoms with van der Waals surface area (Å²) in [5.74, 6) is 0.0691. The van der Waals surface area contributed by atoms with E-state index >= 15 is 0 Å². The van der Waals surface area contributed by atoms with Crippen LogP contribution in [0.1, 0.15) is 51.3 Å². The normalized spacial score (nSPS) is 26.4. The van der Waals surface area contributed by atoms with Crippen LogP contribution >= 0.6 is 11.6 Å². The molecule has 1 aliphatic heterocycles. The highest BCUT2D eigenvalue weighted by atomic mass is 35.5. The van der Waals surface area contributed by atoms with Crippen molar-refractivity contribution >= 4 is 11.6 Å². The predicted molar refractivity (Wildman–Crippen MR) is 78.5 cm³/mol. The van der Waals surface area contributed by atoms with Crippen molar-refractivity contribution in [2.24, 2.45) is 5.92 Å². The molecule has 1 aromatic rings. The molecule has 2 rings (SSSR count). The maximum Gasteiger partial charge on any atom is 0.0849 e. The van der Waals surface area contributed by atoms with Gasteiger partial charge in [-0.25, -0.2) is 0 Å². The van der Waals surface area contributed by atoms with E-state index in [4.69, 9.17) is 16.3 Å². The molecule has 1 fully saturated rings. The average molecular weight is 283 g/mol. The van der Waals surface area contributed by atoms with Gasteiger partial charge in [0.15, 0.2) is 0 Å². The summed E-state index contributed by atoms with van der Waals surface area (Å²) in [7, 11) is 0. The Bertz CT molecular complexity index is 480. The Morgan fingerprint density at radius 1 is 1.32 bits per heavy atom. The molecule has 1 aliphatic rings. The zero-order chi connectivity index (χ0) is 14.4. The highest BCUT2D eigenvalue weighted by Crippen LogP contribution is 2.48. The van der Waals surface area contributed by atoms with Crippen LogP contribution in [0.2, 0.25) is 5.02 Å². The van der Waals surface area contributed by atoms with Crippen LogP contribution in [0.4, 0.5) is 0 Å². The van der Waals surface area contributed by atoms with E-state index in [9.17, 15) is 5.11 Å². The molecule has 2 nitrogen and oxygen atoms in total. The van der Waals surface area contributed by atoms with Crippen molar-refractivity contribution in [1.29, 1.82) is 0 Å². The molecule has 2 unspecified atom stereocenters. The summed E-state index contributed by atoms with van der Waals surface area (Å²) in [4.78, 5) is 0. The Morgan fingerprint density at radius 2 is 1.95 bits per heavy atom. The number of hydrogen-bond acceptors (Lipinski definition) is 2. The molecule has 2 atom stereocenters. The standard InChI is InChI=1S/C16H23ClO2/c1-10-11(7-6-8-13(10)17)14(18)12-9-15(2,3)19-16(12,4)5/h6-8,12,14,18H,9H2,1-5H3. The number of benzene rings is 1. The fourth-order valence-electron chi connectivity index (χ4n) is 3.26. The van der Waals surface area contributed by atoms with Gasteiger partial charge in [-0.15, -0.1) is 0 Å². The third-order valence-corrected chi connectivity index (χ3v) is 4.56. The molecule has 1 aromatic carbocycles. The van der Waals surface area contributed by atoms with Crippen molar-refractivity contribution in [2.75, 3.05) is 0 Å². The summed E-state index contributed by atoms with van der Waals surface area (Å²) >= 11 is 6.15. The summed E-state index contributed by atoms with van der Waals surface area (Å²) in [5.41, 5.74) is 1.34. The van der Waals surface area contributed by atoms with Gasteiger partial charge in [0.1, 0.15) is 0 Å². The topological polar surface area (TPSA) is 29.5 Å². The van der Waals surface area contributed by atoms with Crippen LogP contribution in [0.5, 0.6) is 0 Å². The largest absolute Gasteiger partial charge is 0.388 e. The molecule has 0 bridgehead atoms. The monoisotopic (exact) mass is 282 g/mol. The number of aliphatic hydroxyl groups is 1. The maximum absolute atomic E-state index is 10.8. The van der Waals surface area contributed by atoms with Crippen LogP contribution in [-0.4, -0.2) is 16.3 Å². The van der Waals surface area contributed by atoms with E-state index < -0.39 is 6.10 Å².